The molecule has 148 valence electrons. The quantitative estimate of drug-likeness (QED) is 0.762. The molecule has 0 bridgehead atoms. The van der Waals surface area contributed by atoms with Crippen LogP contribution in [0.25, 0.3) is 0 Å². The van der Waals surface area contributed by atoms with Gasteiger partial charge in [-0.3, -0.25) is 9.69 Å². The number of likely N-dealkylation sites (tertiary alicyclic amines) is 1. The van der Waals surface area contributed by atoms with Crippen molar-refractivity contribution in [1.82, 2.24) is 15.5 Å². The number of benzene rings is 1. The molecule has 0 aliphatic carbocycles. The molecule has 26 heavy (non-hydrogen) atoms. The molecule has 2 saturated heterocycles. The number of nitrogens with one attached hydrogen (secondary N) is 2. The summed E-state index contributed by atoms with van der Waals surface area (Å²) in [6.07, 6.45) is 2.22. The van der Waals surface area contributed by atoms with Gasteiger partial charge in [0.2, 0.25) is 5.91 Å². The minimum absolute atomic E-state index is 0. The van der Waals surface area contributed by atoms with Crippen LogP contribution >= 0.6 is 36.4 Å². The number of amides is 1. The van der Waals surface area contributed by atoms with E-state index in [2.05, 4.69) is 21.6 Å². The summed E-state index contributed by atoms with van der Waals surface area (Å²) in [6, 6.07) is 7.84. The fourth-order valence-corrected chi connectivity index (χ4v) is 3.51. The summed E-state index contributed by atoms with van der Waals surface area (Å²) in [5.41, 5.74) is 1.19. The van der Waals surface area contributed by atoms with Crippen molar-refractivity contribution < 1.29 is 9.53 Å². The van der Waals surface area contributed by atoms with Crippen LogP contribution in [0, 0.1) is 5.92 Å². The lowest BCUT2D eigenvalue weighted by atomic mass is 9.96. The molecule has 0 aromatic heterocycles. The second-order valence-corrected chi connectivity index (χ2v) is 7.04. The molecule has 5 nitrogen and oxygen atoms in total. The third-order valence-corrected chi connectivity index (χ3v) is 5.23. The summed E-state index contributed by atoms with van der Waals surface area (Å²) in [4.78, 5) is 14.5. The van der Waals surface area contributed by atoms with Gasteiger partial charge in [0.15, 0.2) is 0 Å². The molecule has 0 saturated carbocycles. The first kappa shape index (κ1) is 23.5. The number of hydrogen-bond acceptors (Lipinski definition) is 4. The van der Waals surface area contributed by atoms with Gasteiger partial charge in [-0.1, -0.05) is 29.8 Å². The summed E-state index contributed by atoms with van der Waals surface area (Å²) in [7, 11) is 0. The lowest BCUT2D eigenvalue weighted by Gasteiger charge is -2.32. The Balaban J connectivity index is 0.00000169. The van der Waals surface area contributed by atoms with Crippen LogP contribution in [-0.4, -0.2) is 56.2 Å². The van der Waals surface area contributed by atoms with Crippen LogP contribution in [0.15, 0.2) is 24.3 Å². The molecule has 0 radical (unpaired) electrons. The fraction of sp³-hybridized carbons (Fsp3) is 0.611. The van der Waals surface area contributed by atoms with Crippen molar-refractivity contribution in [2.45, 2.75) is 25.4 Å². The molecular weight excluding hydrogens is 397 g/mol. The number of morpholine rings is 1. The molecule has 1 atom stereocenters. The molecule has 2 aliphatic rings. The van der Waals surface area contributed by atoms with Gasteiger partial charge in [-0.25, -0.2) is 0 Å². The molecule has 1 amide bonds. The van der Waals surface area contributed by atoms with Crippen LogP contribution in [-0.2, 0) is 16.1 Å². The van der Waals surface area contributed by atoms with Gasteiger partial charge in [0.05, 0.1) is 13.2 Å². The van der Waals surface area contributed by atoms with Crippen molar-refractivity contribution in [3.63, 3.8) is 0 Å². The van der Waals surface area contributed by atoms with E-state index in [4.69, 9.17) is 16.3 Å². The Kier molecular flexibility index (Phi) is 10.8. The van der Waals surface area contributed by atoms with Gasteiger partial charge in [-0.2, -0.15) is 0 Å². The largest absolute Gasteiger partial charge is 0.378 e. The lowest BCUT2D eigenvalue weighted by molar-refractivity contribution is -0.126. The van der Waals surface area contributed by atoms with Crippen LogP contribution in [0.4, 0.5) is 0 Å². The molecule has 2 N–H and O–H groups in total. The predicted molar refractivity (Wildman–Crippen MR) is 110 cm³/mol. The highest BCUT2D eigenvalue weighted by Gasteiger charge is 2.24. The van der Waals surface area contributed by atoms with Crippen LogP contribution in [0.2, 0.25) is 5.02 Å². The molecule has 1 unspecified atom stereocenters. The summed E-state index contributed by atoms with van der Waals surface area (Å²) >= 11 is 6.24. The minimum Gasteiger partial charge on any atom is -0.378 e. The Labute approximate surface area is 173 Å². The SMILES string of the molecule is Cl.Cl.O=C(NCC1CCN(Cc2ccccc2Cl)CC1)C1COCCN1. The van der Waals surface area contributed by atoms with Crippen molar-refractivity contribution in [2.75, 3.05) is 39.4 Å². The zero-order chi connectivity index (χ0) is 16.8. The molecule has 3 rings (SSSR count). The van der Waals surface area contributed by atoms with Gasteiger partial charge in [0, 0.05) is 24.7 Å². The number of carbonyl (C=O) groups is 1. The maximum absolute atomic E-state index is 12.1. The van der Waals surface area contributed by atoms with Gasteiger partial charge in [0.1, 0.15) is 6.04 Å². The number of carbonyl (C=O) groups excluding carboxylic acids is 1. The molecular formula is C18H28Cl3N3O2. The van der Waals surface area contributed by atoms with E-state index < -0.39 is 0 Å². The number of halogens is 3. The van der Waals surface area contributed by atoms with E-state index in [0.717, 1.165) is 50.6 Å². The second-order valence-electron chi connectivity index (χ2n) is 6.64. The van der Waals surface area contributed by atoms with Crippen molar-refractivity contribution in [1.29, 1.82) is 0 Å². The van der Waals surface area contributed by atoms with Gasteiger partial charge in [0.25, 0.3) is 0 Å². The first-order chi connectivity index (χ1) is 11.7. The molecule has 2 fully saturated rings. The Morgan fingerprint density at radius 1 is 1.27 bits per heavy atom. The molecule has 1 aromatic rings. The smallest absolute Gasteiger partial charge is 0.239 e. The van der Waals surface area contributed by atoms with Gasteiger partial charge in [-0.15, -0.1) is 24.8 Å². The molecule has 0 spiro atoms. The zero-order valence-electron chi connectivity index (χ0n) is 14.8. The van der Waals surface area contributed by atoms with Crippen LogP contribution in [0.3, 0.4) is 0 Å². The number of nitrogens with zero attached hydrogens (tertiary/aromatic N) is 1. The molecule has 1 aromatic carbocycles. The van der Waals surface area contributed by atoms with Crippen molar-refractivity contribution in [3.05, 3.63) is 34.9 Å². The Morgan fingerprint density at radius 2 is 2.00 bits per heavy atom. The van der Waals surface area contributed by atoms with Gasteiger partial charge < -0.3 is 15.4 Å². The highest BCUT2D eigenvalue weighted by Crippen LogP contribution is 2.21. The van der Waals surface area contributed by atoms with Gasteiger partial charge in [-0.05, 0) is 43.5 Å². The molecule has 8 heteroatoms. The minimum atomic E-state index is -0.195. The van der Waals surface area contributed by atoms with Crippen LogP contribution in [0.1, 0.15) is 18.4 Å². The zero-order valence-corrected chi connectivity index (χ0v) is 17.2. The maximum Gasteiger partial charge on any atom is 0.239 e. The van der Waals surface area contributed by atoms with Gasteiger partial charge >= 0.3 is 0 Å². The van der Waals surface area contributed by atoms with E-state index in [1.165, 1.54) is 5.56 Å². The first-order valence-corrected chi connectivity index (χ1v) is 9.15. The Bertz CT molecular complexity index is 548. The number of piperidine rings is 1. The topological polar surface area (TPSA) is 53.6 Å². The fourth-order valence-electron chi connectivity index (χ4n) is 3.32. The highest BCUT2D eigenvalue weighted by molar-refractivity contribution is 6.31. The predicted octanol–water partition coefficient (Wildman–Crippen LogP) is 2.50. The third kappa shape index (κ3) is 6.87. The van der Waals surface area contributed by atoms with E-state index in [0.29, 0.717) is 19.1 Å². The van der Waals surface area contributed by atoms with Crippen LogP contribution < -0.4 is 10.6 Å². The third-order valence-electron chi connectivity index (χ3n) is 4.86. The Hall–Kier alpha value is -0.560. The van der Waals surface area contributed by atoms with E-state index in [-0.39, 0.29) is 36.8 Å². The monoisotopic (exact) mass is 423 g/mol. The summed E-state index contributed by atoms with van der Waals surface area (Å²) in [6.45, 7) is 5.68. The van der Waals surface area contributed by atoms with E-state index in [9.17, 15) is 4.79 Å². The lowest BCUT2D eigenvalue weighted by Crippen LogP contribution is -2.52. The number of ether oxygens (including phenoxy) is 1. The van der Waals surface area contributed by atoms with E-state index >= 15 is 0 Å². The average Bonchev–Trinajstić information content (AvgIpc) is 2.63. The summed E-state index contributed by atoms with van der Waals surface area (Å²) < 4.78 is 5.33. The van der Waals surface area contributed by atoms with Crippen molar-refractivity contribution in [2.24, 2.45) is 5.92 Å². The maximum atomic E-state index is 12.1. The highest BCUT2D eigenvalue weighted by atomic mass is 35.5. The Morgan fingerprint density at radius 3 is 2.65 bits per heavy atom. The number of rotatable bonds is 5. The van der Waals surface area contributed by atoms with E-state index in [1.807, 2.05) is 18.2 Å². The van der Waals surface area contributed by atoms with E-state index in [1.54, 1.807) is 0 Å². The normalized spacial score (nSPS) is 21.3. The number of hydrogen-bond donors (Lipinski definition) is 2. The molecule has 2 aliphatic heterocycles. The average molecular weight is 425 g/mol. The molecule has 2 heterocycles. The summed E-state index contributed by atoms with van der Waals surface area (Å²) in [5.74, 6) is 0.620. The van der Waals surface area contributed by atoms with Crippen molar-refractivity contribution >= 4 is 42.3 Å². The first-order valence-electron chi connectivity index (χ1n) is 8.77. The summed E-state index contributed by atoms with van der Waals surface area (Å²) in [5, 5.41) is 7.10. The standard InChI is InChI=1S/C18H26ClN3O2.2ClH/c19-16-4-2-1-3-15(16)12-22-8-5-14(6-9-22)11-21-18(23)17-13-24-10-7-20-17;;/h1-4,14,17,20H,5-13H2,(H,21,23);2*1H. The van der Waals surface area contributed by atoms with Crippen molar-refractivity contribution in [3.8, 4) is 0 Å². The van der Waals surface area contributed by atoms with Crippen LogP contribution in [0.5, 0.6) is 0 Å². The second kappa shape index (κ2) is 12.0.